The molecule has 2 aromatic rings. The number of aryl methyl sites for hydroxylation is 1. The van der Waals surface area contributed by atoms with Gasteiger partial charge in [-0.1, -0.05) is 23.7 Å². The number of nitrogens with one attached hydrogen (secondary N) is 1. The normalized spacial score (nSPS) is 10.7. The Morgan fingerprint density at radius 2 is 2.25 bits per heavy atom. The molecule has 16 heavy (non-hydrogen) atoms. The van der Waals surface area contributed by atoms with Gasteiger partial charge in [-0.25, -0.2) is 4.98 Å². The van der Waals surface area contributed by atoms with Crippen LogP contribution in [-0.2, 0) is 6.42 Å². The average Bonchev–Trinajstić information content (AvgIpc) is 2.60. The highest BCUT2D eigenvalue weighted by Crippen LogP contribution is 2.23. The molecule has 0 spiro atoms. The van der Waals surface area contributed by atoms with Crippen molar-refractivity contribution in [2.75, 3.05) is 6.54 Å². The summed E-state index contributed by atoms with van der Waals surface area (Å²) in [6.07, 6.45) is 0.765. The summed E-state index contributed by atoms with van der Waals surface area (Å²) in [5, 5.41) is 0.722. The zero-order chi connectivity index (χ0) is 11.5. The molecule has 0 atom stereocenters. The molecule has 3 N–H and O–H groups in total. The number of halogens is 1. The van der Waals surface area contributed by atoms with Gasteiger partial charge in [0.1, 0.15) is 5.82 Å². The third-order valence-electron chi connectivity index (χ3n) is 2.41. The standard InChI is InChI=1S/C12H14ClN3/c1-8-12(16-11(15-8)5-6-14)9-3-2-4-10(13)7-9/h2-4,7H,5-6,14H2,1H3,(H,15,16). The molecule has 0 aliphatic carbocycles. The fourth-order valence-electron chi connectivity index (χ4n) is 1.69. The summed E-state index contributed by atoms with van der Waals surface area (Å²) < 4.78 is 0. The van der Waals surface area contributed by atoms with E-state index in [9.17, 15) is 0 Å². The Labute approximate surface area is 99.7 Å². The Morgan fingerprint density at radius 3 is 2.94 bits per heavy atom. The SMILES string of the molecule is Cc1[nH]c(CCN)nc1-c1cccc(Cl)c1. The van der Waals surface area contributed by atoms with Crippen molar-refractivity contribution in [3.63, 3.8) is 0 Å². The summed E-state index contributed by atoms with van der Waals surface area (Å²) in [6.45, 7) is 2.60. The van der Waals surface area contributed by atoms with Crippen LogP contribution >= 0.6 is 11.6 Å². The topological polar surface area (TPSA) is 54.7 Å². The molecule has 4 heteroatoms. The van der Waals surface area contributed by atoms with E-state index in [1.165, 1.54) is 0 Å². The van der Waals surface area contributed by atoms with Crippen molar-refractivity contribution in [3.05, 3.63) is 40.8 Å². The number of nitrogens with zero attached hydrogens (tertiary/aromatic N) is 1. The number of rotatable bonds is 3. The zero-order valence-electron chi connectivity index (χ0n) is 9.13. The average molecular weight is 236 g/mol. The second kappa shape index (κ2) is 4.68. The van der Waals surface area contributed by atoms with Gasteiger partial charge in [-0.2, -0.15) is 0 Å². The van der Waals surface area contributed by atoms with Gasteiger partial charge in [0.25, 0.3) is 0 Å². The Kier molecular flexibility index (Phi) is 3.27. The third-order valence-corrected chi connectivity index (χ3v) is 2.65. The number of aromatic amines is 1. The lowest BCUT2D eigenvalue weighted by Crippen LogP contribution is -2.03. The van der Waals surface area contributed by atoms with Crippen LogP contribution < -0.4 is 5.73 Å². The molecule has 1 aromatic heterocycles. The van der Waals surface area contributed by atoms with Crippen molar-refractivity contribution >= 4 is 11.6 Å². The molecule has 0 amide bonds. The lowest BCUT2D eigenvalue weighted by Gasteiger charge is -1.98. The smallest absolute Gasteiger partial charge is 0.108 e. The van der Waals surface area contributed by atoms with Gasteiger partial charge >= 0.3 is 0 Å². The maximum absolute atomic E-state index is 5.96. The summed E-state index contributed by atoms with van der Waals surface area (Å²) in [5.41, 5.74) is 8.53. The van der Waals surface area contributed by atoms with E-state index in [0.717, 1.165) is 34.2 Å². The zero-order valence-corrected chi connectivity index (χ0v) is 9.88. The minimum Gasteiger partial charge on any atom is -0.346 e. The van der Waals surface area contributed by atoms with Gasteiger partial charge in [-0.05, 0) is 25.6 Å². The first-order valence-corrected chi connectivity index (χ1v) is 5.60. The Hall–Kier alpha value is -1.32. The highest BCUT2D eigenvalue weighted by atomic mass is 35.5. The summed E-state index contributed by atoms with van der Waals surface area (Å²) in [7, 11) is 0. The van der Waals surface area contributed by atoms with E-state index in [-0.39, 0.29) is 0 Å². The fourth-order valence-corrected chi connectivity index (χ4v) is 1.88. The lowest BCUT2D eigenvalue weighted by atomic mass is 10.1. The van der Waals surface area contributed by atoms with Gasteiger partial charge in [0.05, 0.1) is 5.69 Å². The maximum Gasteiger partial charge on any atom is 0.108 e. The number of H-pyrrole nitrogens is 1. The number of benzene rings is 1. The second-order valence-corrected chi connectivity index (χ2v) is 4.14. The van der Waals surface area contributed by atoms with Crippen LogP contribution in [0.4, 0.5) is 0 Å². The summed E-state index contributed by atoms with van der Waals surface area (Å²) in [5.74, 6) is 0.926. The summed E-state index contributed by atoms with van der Waals surface area (Å²) in [4.78, 5) is 7.75. The monoisotopic (exact) mass is 235 g/mol. The van der Waals surface area contributed by atoms with Crippen LogP contribution in [0.25, 0.3) is 11.3 Å². The van der Waals surface area contributed by atoms with Crippen molar-refractivity contribution in [3.8, 4) is 11.3 Å². The van der Waals surface area contributed by atoms with Gasteiger partial charge in [0.2, 0.25) is 0 Å². The van der Waals surface area contributed by atoms with E-state index in [2.05, 4.69) is 9.97 Å². The molecular weight excluding hydrogens is 222 g/mol. The van der Waals surface area contributed by atoms with E-state index >= 15 is 0 Å². The van der Waals surface area contributed by atoms with Crippen LogP contribution in [0.3, 0.4) is 0 Å². The summed E-state index contributed by atoms with van der Waals surface area (Å²) >= 11 is 5.96. The van der Waals surface area contributed by atoms with Crippen LogP contribution in [0.15, 0.2) is 24.3 Å². The Balaban J connectivity index is 2.40. The predicted octanol–water partition coefficient (Wildman–Crippen LogP) is 2.54. The molecule has 0 aliphatic heterocycles. The lowest BCUT2D eigenvalue weighted by molar-refractivity contribution is 0.891. The first-order chi connectivity index (χ1) is 7.70. The number of hydrogen-bond donors (Lipinski definition) is 2. The predicted molar refractivity (Wildman–Crippen MR) is 66.5 cm³/mol. The molecule has 0 bridgehead atoms. The number of imidazole rings is 1. The Morgan fingerprint density at radius 1 is 1.44 bits per heavy atom. The minimum atomic E-state index is 0.599. The largest absolute Gasteiger partial charge is 0.346 e. The van der Waals surface area contributed by atoms with Gasteiger partial charge in [0.15, 0.2) is 0 Å². The first-order valence-electron chi connectivity index (χ1n) is 5.22. The van der Waals surface area contributed by atoms with Gasteiger partial charge in [-0.3, -0.25) is 0 Å². The molecule has 1 heterocycles. The molecule has 0 saturated carbocycles. The van der Waals surface area contributed by atoms with Gasteiger partial charge in [0, 0.05) is 22.7 Å². The fraction of sp³-hybridized carbons (Fsp3) is 0.250. The minimum absolute atomic E-state index is 0.599. The van der Waals surface area contributed by atoms with E-state index in [4.69, 9.17) is 17.3 Å². The quantitative estimate of drug-likeness (QED) is 0.859. The molecule has 0 unspecified atom stereocenters. The second-order valence-electron chi connectivity index (χ2n) is 3.71. The van der Waals surface area contributed by atoms with Gasteiger partial charge in [-0.15, -0.1) is 0 Å². The molecule has 0 aliphatic rings. The van der Waals surface area contributed by atoms with E-state index in [1.54, 1.807) is 0 Å². The molecule has 0 radical (unpaired) electrons. The molecule has 84 valence electrons. The Bertz CT molecular complexity index is 491. The van der Waals surface area contributed by atoms with Crippen LogP contribution in [0.2, 0.25) is 5.02 Å². The summed E-state index contributed by atoms with van der Waals surface area (Å²) in [6, 6.07) is 7.69. The molecule has 3 nitrogen and oxygen atoms in total. The van der Waals surface area contributed by atoms with Gasteiger partial charge < -0.3 is 10.7 Å². The van der Waals surface area contributed by atoms with Crippen molar-refractivity contribution < 1.29 is 0 Å². The highest BCUT2D eigenvalue weighted by molar-refractivity contribution is 6.30. The third kappa shape index (κ3) is 2.26. The van der Waals surface area contributed by atoms with E-state index < -0.39 is 0 Å². The van der Waals surface area contributed by atoms with E-state index in [1.807, 2.05) is 31.2 Å². The first kappa shape index (κ1) is 11.2. The van der Waals surface area contributed by atoms with Crippen molar-refractivity contribution in [2.45, 2.75) is 13.3 Å². The number of hydrogen-bond acceptors (Lipinski definition) is 2. The maximum atomic E-state index is 5.96. The number of aromatic nitrogens is 2. The molecule has 0 saturated heterocycles. The molecule has 0 fully saturated rings. The molecule has 2 rings (SSSR count). The number of nitrogens with two attached hydrogens (primary N) is 1. The van der Waals surface area contributed by atoms with E-state index in [0.29, 0.717) is 6.54 Å². The van der Waals surface area contributed by atoms with Crippen LogP contribution in [0.1, 0.15) is 11.5 Å². The van der Waals surface area contributed by atoms with Crippen molar-refractivity contribution in [1.29, 1.82) is 0 Å². The van der Waals surface area contributed by atoms with Crippen LogP contribution in [-0.4, -0.2) is 16.5 Å². The van der Waals surface area contributed by atoms with Crippen LogP contribution in [0.5, 0.6) is 0 Å². The van der Waals surface area contributed by atoms with Crippen molar-refractivity contribution in [1.82, 2.24) is 9.97 Å². The molecular formula is C12H14ClN3. The van der Waals surface area contributed by atoms with Crippen LogP contribution in [0, 0.1) is 6.92 Å². The highest BCUT2D eigenvalue weighted by Gasteiger charge is 2.08. The van der Waals surface area contributed by atoms with Crippen molar-refractivity contribution in [2.24, 2.45) is 5.73 Å². The molecule has 1 aromatic carbocycles.